The fourth-order valence-electron chi connectivity index (χ4n) is 2.41. The minimum atomic E-state index is -0.137. The van der Waals surface area contributed by atoms with Gasteiger partial charge in [-0.05, 0) is 31.2 Å². The summed E-state index contributed by atoms with van der Waals surface area (Å²) in [4.78, 5) is 6.82. The van der Waals surface area contributed by atoms with Gasteiger partial charge in [0.05, 0.1) is 18.3 Å². The molecule has 102 valence electrons. The van der Waals surface area contributed by atoms with Gasteiger partial charge in [0.15, 0.2) is 0 Å². The largest absolute Gasteiger partial charge is 0.324 e. The van der Waals surface area contributed by atoms with Crippen LogP contribution in [0.2, 0.25) is 5.02 Å². The van der Waals surface area contributed by atoms with Gasteiger partial charge in [-0.3, -0.25) is 0 Å². The molecule has 3 nitrogen and oxygen atoms in total. The Balaban J connectivity index is 2.11. The highest BCUT2D eigenvalue weighted by Crippen LogP contribution is 2.34. The van der Waals surface area contributed by atoms with E-state index in [0.29, 0.717) is 6.54 Å². The van der Waals surface area contributed by atoms with Crippen molar-refractivity contribution in [2.24, 2.45) is 10.7 Å². The van der Waals surface area contributed by atoms with Gasteiger partial charge in [0.1, 0.15) is 5.84 Å². The number of rotatable bonds is 2. The molecule has 1 unspecified atom stereocenters. The monoisotopic (exact) mass is 285 g/mol. The van der Waals surface area contributed by atoms with Gasteiger partial charge in [0, 0.05) is 16.3 Å². The molecule has 0 spiro atoms. The van der Waals surface area contributed by atoms with Crippen LogP contribution in [0, 0.1) is 0 Å². The lowest BCUT2D eigenvalue weighted by molar-refractivity contribution is 0.878. The van der Waals surface area contributed by atoms with Gasteiger partial charge in [-0.15, -0.1) is 0 Å². The van der Waals surface area contributed by atoms with Crippen molar-refractivity contribution in [1.82, 2.24) is 0 Å². The maximum Gasteiger partial charge on any atom is 0.126 e. The molecular formula is C16H16ClN3. The van der Waals surface area contributed by atoms with Crippen molar-refractivity contribution in [3.8, 4) is 0 Å². The molecule has 1 heterocycles. The predicted molar refractivity (Wildman–Crippen MR) is 84.8 cm³/mol. The second-order valence-corrected chi connectivity index (χ2v) is 5.33. The third kappa shape index (κ3) is 2.30. The Morgan fingerprint density at radius 3 is 2.60 bits per heavy atom. The topological polar surface area (TPSA) is 41.6 Å². The van der Waals surface area contributed by atoms with E-state index in [2.05, 4.69) is 17.0 Å². The third-order valence-corrected chi connectivity index (χ3v) is 3.75. The summed E-state index contributed by atoms with van der Waals surface area (Å²) in [6, 6.07) is 15.8. The summed E-state index contributed by atoms with van der Waals surface area (Å²) in [5.41, 5.74) is 9.12. The van der Waals surface area contributed by atoms with Crippen LogP contribution in [0.5, 0.6) is 0 Å². The first-order chi connectivity index (χ1) is 9.66. The molecule has 4 heteroatoms. The summed E-state index contributed by atoms with van der Waals surface area (Å²) in [6.07, 6.45) is 0. The first-order valence-corrected chi connectivity index (χ1v) is 6.99. The number of nitrogens with zero attached hydrogens (tertiary/aromatic N) is 2. The summed E-state index contributed by atoms with van der Waals surface area (Å²) in [5, 5.41) is 0.746. The van der Waals surface area contributed by atoms with Crippen molar-refractivity contribution >= 4 is 28.8 Å². The zero-order chi connectivity index (χ0) is 14.1. The highest BCUT2D eigenvalue weighted by molar-refractivity contribution is 6.32. The Morgan fingerprint density at radius 2 is 1.90 bits per heavy atom. The van der Waals surface area contributed by atoms with Crippen LogP contribution >= 0.6 is 11.6 Å². The van der Waals surface area contributed by atoms with E-state index in [1.165, 1.54) is 0 Å². The van der Waals surface area contributed by atoms with Crippen molar-refractivity contribution in [3.63, 3.8) is 0 Å². The Hall–Kier alpha value is -1.84. The van der Waals surface area contributed by atoms with Gasteiger partial charge < -0.3 is 10.6 Å². The smallest absolute Gasteiger partial charge is 0.126 e. The average Bonchev–Trinajstić information content (AvgIpc) is 2.47. The van der Waals surface area contributed by atoms with Crippen LogP contribution in [-0.2, 0) is 6.54 Å². The molecule has 20 heavy (non-hydrogen) atoms. The minimum absolute atomic E-state index is 0.137. The normalized spacial score (nSPS) is 15.6. The number of amidine groups is 1. The molecule has 0 aliphatic carbocycles. The molecule has 0 saturated heterocycles. The van der Waals surface area contributed by atoms with Crippen LogP contribution in [0.15, 0.2) is 53.5 Å². The van der Waals surface area contributed by atoms with E-state index in [0.717, 1.165) is 27.8 Å². The van der Waals surface area contributed by atoms with Gasteiger partial charge in [-0.1, -0.05) is 35.9 Å². The van der Waals surface area contributed by atoms with Gasteiger partial charge in [-0.2, -0.15) is 0 Å². The van der Waals surface area contributed by atoms with Crippen LogP contribution < -0.4 is 10.6 Å². The number of nitrogens with two attached hydrogens (primary N) is 1. The van der Waals surface area contributed by atoms with Gasteiger partial charge in [0.25, 0.3) is 0 Å². The molecule has 1 aliphatic rings. The molecule has 0 saturated carbocycles. The van der Waals surface area contributed by atoms with Crippen molar-refractivity contribution in [2.45, 2.75) is 19.5 Å². The van der Waals surface area contributed by atoms with Crippen molar-refractivity contribution in [3.05, 3.63) is 59.1 Å². The molecule has 2 aromatic rings. The zero-order valence-electron chi connectivity index (χ0n) is 11.3. The first-order valence-electron chi connectivity index (χ1n) is 6.61. The summed E-state index contributed by atoms with van der Waals surface area (Å²) < 4.78 is 0. The Bertz CT molecular complexity index is 650. The van der Waals surface area contributed by atoms with E-state index in [-0.39, 0.29) is 6.04 Å². The molecule has 0 bridgehead atoms. The van der Waals surface area contributed by atoms with Crippen molar-refractivity contribution < 1.29 is 0 Å². The molecule has 0 fully saturated rings. The molecule has 1 atom stereocenters. The molecule has 0 aromatic heterocycles. The van der Waals surface area contributed by atoms with Crippen LogP contribution in [0.25, 0.3) is 0 Å². The van der Waals surface area contributed by atoms with E-state index in [4.69, 9.17) is 22.3 Å². The number of halogens is 1. The quantitative estimate of drug-likeness (QED) is 0.913. The second-order valence-electron chi connectivity index (χ2n) is 4.92. The van der Waals surface area contributed by atoms with Crippen LogP contribution in [0.3, 0.4) is 0 Å². The first kappa shape index (κ1) is 13.2. The van der Waals surface area contributed by atoms with Gasteiger partial charge in [-0.25, -0.2) is 4.99 Å². The highest BCUT2D eigenvalue weighted by Gasteiger charge is 2.24. The number of aliphatic imine (C=N–C) groups is 1. The number of hydrogen-bond acceptors (Lipinski definition) is 3. The summed E-state index contributed by atoms with van der Waals surface area (Å²) >= 11 is 6.30. The summed E-state index contributed by atoms with van der Waals surface area (Å²) in [7, 11) is 0. The summed E-state index contributed by atoms with van der Waals surface area (Å²) in [5.74, 6) is 0.867. The van der Waals surface area contributed by atoms with Crippen LogP contribution in [0.4, 0.5) is 11.4 Å². The lowest BCUT2D eigenvalue weighted by Crippen LogP contribution is -2.43. The molecule has 3 rings (SSSR count). The maximum absolute atomic E-state index is 6.30. The van der Waals surface area contributed by atoms with E-state index in [9.17, 15) is 0 Å². The fourth-order valence-corrected chi connectivity index (χ4v) is 2.64. The SMILES string of the molecule is CC(N)C1=Nc2cccc(Cl)c2CN1c1ccccc1. The maximum atomic E-state index is 6.30. The fraction of sp³-hybridized carbons (Fsp3) is 0.188. The second kappa shape index (κ2) is 5.27. The van der Waals surface area contributed by atoms with E-state index in [1.807, 2.05) is 43.3 Å². The molecular weight excluding hydrogens is 270 g/mol. The Kier molecular flexibility index (Phi) is 3.47. The van der Waals surface area contributed by atoms with Gasteiger partial charge >= 0.3 is 0 Å². The molecule has 1 aliphatic heterocycles. The van der Waals surface area contributed by atoms with E-state index < -0.39 is 0 Å². The lowest BCUT2D eigenvalue weighted by Gasteiger charge is -2.32. The molecule has 0 radical (unpaired) electrons. The lowest BCUT2D eigenvalue weighted by atomic mass is 10.1. The number of fused-ring (bicyclic) bond motifs is 1. The highest BCUT2D eigenvalue weighted by atomic mass is 35.5. The van der Waals surface area contributed by atoms with E-state index >= 15 is 0 Å². The van der Waals surface area contributed by atoms with E-state index in [1.54, 1.807) is 0 Å². The van der Waals surface area contributed by atoms with Crippen molar-refractivity contribution in [2.75, 3.05) is 4.90 Å². The minimum Gasteiger partial charge on any atom is -0.324 e. The zero-order valence-corrected chi connectivity index (χ0v) is 12.0. The Morgan fingerprint density at radius 1 is 1.15 bits per heavy atom. The van der Waals surface area contributed by atoms with Crippen LogP contribution in [-0.4, -0.2) is 11.9 Å². The standard InChI is InChI=1S/C16H16ClN3/c1-11(18)16-19-15-9-5-8-14(17)13(15)10-20(16)12-6-3-2-4-7-12/h2-9,11H,10,18H2,1H3. The van der Waals surface area contributed by atoms with Crippen LogP contribution in [0.1, 0.15) is 12.5 Å². The number of anilines is 1. The Labute approximate surface area is 123 Å². The average molecular weight is 286 g/mol. The van der Waals surface area contributed by atoms with Gasteiger partial charge in [0.2, 0.25) is 0 Å². The third-order valence-electron chi connectivity index (χ3n) is 3.40. The number of benzene rings is 2. The molecule has 2 aromatic carbocycles. The van der Waals surface area contributed by atoms with Crippen molar-refractivity contribution in [1.29, 1.82) is 0 Å². The number of hydrogen-bond donors (Lipinski definition) is 1. The molecule has 0 amide bonds. The molecule has 2 N–H and O–H groups in total. The summed E-state index contributed by atoms with van der Waals surface area (Å²) in [6.45, 7) is 2.64. The number of para-hydroxylation sites is 1. The predicted octanol–water partition coefficient (Wildman–Crippen LogP) is 3.74.